The van der Waals surface area contributed by atoms with Crippen molar-refractivity contribution in [2.24, 2.45) is 0 Å². The molecule has 0 unspecified atom stereocenters. The van der Waals surface area contributed by atoms with Gasteiger partial charge in [-0.15, -0.1) is 0 Å². The normalized spacial score (nSPS) is 11.7. The molecule has 1 rings (SSSR count). The minimum atomic E-state index is -4.26. The molecule has 1 aromatic rings. The highest BCUT2D eigenvalue weighted by Gasteiger charge is 2.30. The van der Waals surface area contributed by atoms with Crippen LogP contribution in [0, 0.1) is 0 Å². The van der Waals surface area contributed by atoms with E-state index in [1.165, 1.54) is 18.3 Å². The summed E-state index contributed by atoms with van der Waals surface area (Å²) in [6.07, 6.45) is 1.42. The van der Waals surface area contributed by atoms with Gasteiger partial charge >= 0.3 is 5.51 Å². The Morgan fingerprint density at radius 3 is 2.58 bits per heavy atom. The van der Waals surface area contributed by atoms with E-state index >= 15 is 0 Å². The fourth-order valence-electron chi connectivity index (χ4n) is 0.572. The van der Waals surface area contributed by atoms with Gasteiger partial charge in [0.05, 0.1) is 0 Å². The molecule has 0 fully saturated rings. The molecule has 0 spiro atoms. The van der Waals surface area contributed by atoms with Gasteiger partial charge in [0.25, 0.3) is 0 Å². The Morgan fingerprint density at radius 1 is 1.42 bits per heavy atom. The number of hydrogen-bond acceptors (Lipinski definition) is 2. The lowest BCUT2D eigenvalue weighted by molar-refractivity contribution is -0.0328. The van der Waals surface area contributed by atoms with Gasteiger partial charge in [-0.05, 0) is 39.8 Å². The zero-order chi connectivity index (χ0) is 9.19. The number of rotatable bonds is 1. The van der Waals surface area contributed by atoms with Crippen molar-refractivity contribution in [1.29, 1.82) is 0 Å². The van der Waals surface area contributed by atoms with E-state index in [9.17, 15) is 13.2 Å². The maximum atomic E-state index is 11.8. The molecule has 0 aliphatic carbocycles. The van der Waals surface area contributed by atoms with Crippen molar-refractivity contribution in [1.82, 2.24) is 4.98 Å². The lowest BCUT2D eigenvalue weighted by atomic mass is 10.5. The fraction of sp³-hybridized carbons (Fsp3) is 0.167. The molecule has 1 aromatic heterocycles. The smallest absolute Gasteiger partial charge is 0.248 e. The van der Waals surface area contributed by atoms with Crippen LogP contribution in [0.25, 0.3) is 0 Å². The van der Waals surface area contributed by atoms with Crippen molar-refractivity contribution in [3.05, 3.63) is 22.9 Å². The van der Waals surface area contributed by atoms with E-state index in [0.717, 1.165) is 0 Å². The first kappa shape index (κ1) is 9.85. The van der Waals surface area contributed by atoms with Crippen LogP contribution in [0.2, 0.25) is 0 Å². The Balaban J connectivity index is 2.83. The van der Waals surface area contributed by atoms with Crippen molar-refractivity contribution in [2.75, 3.05) is 0 Å². The van der Waals surface area contributed by atoms with Gasteiger partial charge in [0, 0.05) is 11.1 Å². The molecule has 0 amide bonds. The van der Waals surface area contributed by atoms with Crippen LogP contribution in [0.15, 0.2) is 27.8 Å². The standard InChI is InChI=1S/C6H3BrF3NS/c7-5-4(2-1-3-11-5)12-6(8,9)10/h1-3H. The average molecular weight is 258 g/mol. The predicted octanol–water partition coefficient (Wildman–Crippen LogP) is 3.46. The molecule has 6 heteroatoms. The number of thioether (sulfide) groups is 1. The third kappa shape index (κ3) is 3.02. The molecule has 12 heavy (non-hydrogen) atoms. The molecule has 0 aromatic carbocycles. The third-order valence-electron chi connectivity index (χ3n) is 0.951. The molecule has 0 bridgehead atoms. The molecule has 0 atom stereocenters. The summed E-state index contributed by atoms with van der Waals surface area (Å²) >= 11 is 2.73. The van der Waals surface area contributed by atoms with E-state index in [4.69, 9.17) is 0 Å². The molecular weight excluding hydrogens is 255 g/mol. The minimum Gasteiger partial charge on any atom is -0.248 e. The summed E-state index contributed by atoms with van der Waals surface area (Å²) in [5.74, 6) is 0. The number of hydrogen-bond donors (Lipinski definition) is 0. The minimum absolute atomic E-state index is 0.0741. The van der Waals surface area contributed by atoms with E-state index in [1.54, 1.807) is 0 Å². The topological polar surface area (TPSA) is 12.9 Å². The number of aromatic nitrogens is 1. The largest absolute Gasteiger partial charge is 0.446 e. The first-order valence-corrected chi connectivity index (χ1v) is 4.46. The zero-order valence-electron chi connectivity index (χ0n) is 5.60. The summed E-state index contributed by atoms with van der Waals surface area (Å²) in [4.78, 5) is 3.73. The molecular formula is C6H3BrF3NS. The summed E-state index contributed by atoms with van der Waals surface area (Å²) < 4.78 is 35.7. The van der Waals surface area contributed by atoms with Gasteiger partial charge in [-0.2, -0.15) is 13.2 Å². The third-order valence-corrected chi connectivity index (χ3v) is 2.63. The van der Waals surface area contributed by atoms with Gasteiger partial charge < -0.3 is 0 Å². The van der Waals surface area contributed by atoms with Crippen LogP contribution in [0.3, 0.4) is 0 Å². The highest BCUT2D eigenvalue weighted by Crippen LogP contribution is 2.39. The Labute approximate surface area is 79.5 Å². The summed E-state index contributed by atoms with van der Waals surface area (Å²) in [5, 5.41) is 0. The van der Waals surface area contributed by atoms with E-state index in [1.807, 2.05) is 0 Å². The van der Waals surface area contributed by atoms with Gasteiger partial charge in [0.2, 0.25) is 0 Å². The Morgan fingerprint density at radius 2 is 2.08 bits per heavy atom. The maximum Gasteiger partial charge on any atom is 0.446 e. The first-order valence-electron chi connectivity index (χ1n) is 2.85. The van der Waals surface area contributed by atoms with Crippen molar-refractivity contribution in [3.63, 3.8) is 0 Å². The van der Waals surface area contributed by atoms with Crippen LogP contribution < -0.4 is 0 Å². The summed E-state index contributed by atoms with van der Waals surface area (Å²) in [7, 11) is 0. The predicted molar refractivity (Wildman–Crippen MR) is 43.8 cm³/mol. The van der Waals surface area contributed by atoms with Gasteiger partial charge in [-0.3, -0.25) is 0 Å². The zero-order valence-corrected chi connectivity index (χ0v) is 8.00. The second-order valence-corrected chi connectivity index (χ2v) is 3.70. The van der Waals surface area contributed by atoms with Crippen LogP contribution in [-0.4, -0.2) is 10.5 Å². The van der Waals surface area contributed by atoms with Gasteiger partial charge in [0.15, 0.2) is 0 Å². The molecule has 1 heterocycles. The molecule has 0 aliphatic heterocycles. The van der Waals surface area contributed by atoms with Crippen LogP contribution >= 0.6 is 27.7 Å². The second kappa shape index (κ2) is 3.66. The number of nitrogens with zero attached hydrogens (tertiary/aromatic N) is 1. The SMILES string of the molecule is FC(F)(F)Sc1cccnc1Br. The summed E-state index contributed by atoms with van der Waals surface area (Å²) in [5.41, 5.74) is -4.26. The lowest BCUT2D eigenvalue weighted by Gasteiger charge is -2.05. The highest BCUT2D eigenvalue weighted by atomic mass is 79.9. The summed E-state index contributed by atoms with van der Waals surface area (Å²) in [6.45, 7) is 0. The monoisotopic (exact) mass is 257 g/mol. The number of pyridine rings is 1. The van der Waals surface area contributed by atoms with Crippen molar-refractivity contribution in [2.45, 2.75) is 10.4 Å². The molecule has 0 N–H and O–H groups in total. The van der Waals surface area contributed by atoms with Gasteiger partial charge in [-0.25, -0.2) is 4.98 Å². The quantitative estimate of drug-likeness (QED) is 0.565. The van der Waals surface area contributed by atoms with Crippen molar-refractivity contribution < 1.29 is 13.2 Å². The maximum absolute atomic E-state index is 11.8. The van der Waals surface area contributed by atoms with Crippen LogP contribution in [0.1, 0.15) is 0 Å². The highest BCUT2D eigenvalue weighted by molar-refractivity contribution is 9.10. The van der Waals surface area contributed by atoms with Crippen LogP contribution in [-0.2, 0) is 0 Å². The Kier molecular flexibility index (Phi) is 3.00. The van der Waals surface area contributed by atoms with Gasteiger partial charge in [0.1, 0.15) is 4.60 Å². The van der Waals surface area contributed by atoms with E-state index in [0.29, 0.717) is 0 Å². The van der Waals surface area contributed by atoms with E-state index < -0.39 is 5.51 Å². The molecule has 0 radical (unpaired) electrons. The molecule has 0 saturated heterocycles. The van der Waals surface area contributed by atoms with Gasteiger partial charge in [-0.1, -0.05) is 0 Å². The Bertz CT molecular complexity index is 276. The molecule has 66 valence electrons. The van der Waals surface area contributed by atoms with Crippen LogP contribution in [0.5, 0.6) is 0 Å². The van der Waals surface area contributed by atoms with Crippen molar-refractivity contribution in [3.8, 4) is 0 Å². The Hall–Kier alpha value is -0.230. The first-order chi connectivity index (χ1) is 5.49. The lowest BCUT2D eigenvalue weighted by Crippen LogP contribution is -1.99. The fourth-order valence-corrected chi connectivity index (χ4v) is 1.60. The molecule has 1 nitrogen and oxygen atoms in total. The second-order valence-electron chi connectivity index (χ2n) is 1.84. The number of alkyl halides is 3. The molecule has 0 aliphatic rings. The average Bonchev–Trinajstić information content (AvgIpc) is 1.91. The molecule has 0 saturated carbocycles. The van der Waals surface area contributed by atoms with E-state index in [2.05, 4.69) is 20.9 Å². The van der Waals surface area contributed by atoms with Crippen molar-refractivity contribution >= 4 is 27.7 Å². The summed E-state index contributed by atoms with van der Waals surface area (Å²) in [6, 6.07) is 2.81. The number of halogens is 4. The van der Waals surface area contributed by atoms with Crippen LogP contribution in [0.4, 0.5) is 13.2 Å². The van der Waals surface area contributed by atoms with E-state index in [-0.39, 0.29) is 21.3 Å².